The van der Waals surface area contributed by atoms with E-state index >= 15 is 0 Å². The summed E-state index contributed by atoms with van der Waals surface area (Å²) in [5.74, 6) is 1.43. The number of nitrogens with one attached hydrogen (secondary N) is 2. The van der Waals surface area contributed by atoms with E-state index in [0.29, 0.717) is 18.7 Å². The molecule has 7 nitrogen and oxygen atoms in total. The third-order valence-corrected chi connectivity index (χ3v) is 4.16. The number of aryl methyl sites for hydroxylation is 1. The average Bonchev–Trinajstić information content (AvgIpc) is 3.08. The lowest BCUT2D eigenvalue weighted by Crippen LogP contribution is -2.39. The molecule has 2 N–H and O–H groups in total. The zero-order chi connectivity index (χ0) is 19.6. The topological polar surface area (TPSA) is 70.9 Å². The molecule has 0 aliphatic carbocycles. The third kappa shape index (κ3) is 7.06. The third-order valence-electron chi connectivity index (χ3n) is 4.16. The number of aliphatic imine (C=N–C) groups is 1. The first-order valence-corrected chi connectivity index (χ1v) is 9.07. The summed E-state index contributed by atoms with van der Waals surface area (Å²) in [5, 5.41) is 6.18. The van der Waals surface area contributed by atoms with Crippen molar-refractivity contribution in [1.82, 2.24) is 20.1 Å². The van der Waals surface area contributed by atoms with Crippen molar-refractivity contribution in [2.24, 2.45) is 12.0 Å². The minimum Gasteiger partial charge on any atom is -0.497 e. The fourth-order valence-electron chi connectivity index (χ4n) is 2.62. The monoisotopic (exact) mass is 499 g/mol. The summed E-state index contributed by atoms with van der Waals surface area (Å²) in [7, 11) is 5.64. The number of hydrogen-bond donors (Lipinski definition) is 2. The predicted molar refractivity (Wildman–Crippen MR) is 124 cm³/mol. The van der Waals surface area contributed by atoms with E-state index in [9.17, 15) is 4.79 Å². The number of aromatic nitrogens is 1. The van der Waals surface area contributed by atoms with E-state index in [4.69, 9.17) is 4.74 Å². The number of carbonyl (C=O) groups excluding carboxylic acids is 1. The van der Waals surface area contributed by atoms with E-state index in [1.54, 1.807) is 31.4 Å². The van der Waals surface area contributed by atoms with Gasteiger partial charge in [-0.15, -0.1) is 24.0 Å². The van der Waals surface area contributed by atoms with Crippen LogP contribution in [-0.2, 0) is 13.6 Å². The van der Waals surface area contributed by atoms with Crippen LogP contribution in [0.3, 0.4) is 0 Å². The second kappa shape index (κ2) is 12.3. The Bertz CT molecular complexity index is 758. The highest BCUT2D eigenvalue weighted by atomic mass is 127. The molecule has 1 aromatic carbocycles. The summed E-state index contributed by atoms with van der Waals surface area (Å²) < 4.78 is 7.19. The maximum Gasteiger partial charge on any atom is 0.251 e. The summed E-state index contributed by atoms with van der Waals surface area (Å²) >= 11 is 0. The van der Waals surface area contributed by atoms with Gasteiger partial charge in [-0.2, -0.15) is 0 Å². The number of nitrogens with zero attached hydrogens (tertiary/aromatic N) is 3. The Balaban J connectivity index is 0.00000392. The van der Waals surface area contributed by atoms with Crippen LogP contribution >= 0.6 is 24.0 Å². The second-order valence-corrected chi connectivity index (χ2v) is 6.19. The van der Waals surface area contributed by atoms with Gasteiger partial charge in [0, 0.05) is 44.6 Å². The number of rotatable bonds is 8. The lowest BCUT2D eigenvalue weighted by Gasteiger charge is -2.22. The number of amides is 1. The van der Waals surface area contributed by atoms with Crippen LogP contribution in [0.5, 0.6) is 5.75 Å². The molecule has 0 bridgehead atoms. The van der Waals surface area contributed by atoms with Crippen LogP contribution in [0.25, 0.3) is 0 Å². The number of guanidine groups is 1. The van der Waals surface area contributed by atoms with E-state index in [-0.39, 0.29) is 29.9 Å². The first kappa shape index (κ1) is 23.8. The van der Waals surface area contributed by atoms with Gasteiger partial charge in [0.15, 0.2) is 5.96 Å². The molecule has 28 heavy (non-hydrogen) atoms. The Kier molecular flexibility index (Phi) is 10.4. The molecule has 2 aromatic rings. The van der Waals surface area contributed by atoms with Gasteiger partial charge >= 0.3 is 0 Å². The first-order valence-electron chi connectivity index (χ1n) is 9.07. The van der Waals surface area contributed by atoms with Crippen molar-refractivity contribution in [3.63, 3.8) is 0 Å². The van der Waals surface area contributed by atoms with Gasteiger partial charge in [0.1, 0.15) is 5.75 Å². The number of halogens is 1. The Hall–Kier alpha value is -2.23. The van der Waals surface area contributed by atoms with Crippen LogP contribution in [0.15, 0.2) is 47.6 Å². The van der Waals surface area contributed by atoms with Gasteiger partial charge in [-0.05, 0) is 43.3 Å². The average molecular weight is 499 g/mol. The maximum atomic E-state index is 12.2. The van der Waals surface area contributed by atoms with Crippen molar-refractivity contribution in [3.05, 3.63) is 53.9 Å². The van der Waals surface area contributed by atoms with Crippen molar-refractivity contribution in [2.75, 3.05) is 33.8 Å². The van der Waals surface area contributed by atoms with Crippen LogP contribution in [0.1, 0.15) is 23.0 Å². The molecule has 0 saturated heterocycles. The fraction of sp³-hybridized carbons (Fsp3) is 0.400. The first-order chi connectivity index (χ1) is 13.0. The van der Waals surface area contributed by atoms with Crippen molar-refractivity contribution in [2.45, 2.75) is 13.5 Å². The lowest BCUT2D eigenvalue weighted by atomic mass is 10.2. The van der Waals surface area contributed by atoms with Crippen molar-refractivity contribution >= 4 is 35.8 Å². The SMILES string of the molecule is CCNC(=NCCNC(=O)c1ccc(OC)cc1)N(C)Cc1cccn1C.I. The highest BCUT2D eigenvalue weighted by Gasteiger charge is 2.09. The van der Waals surface area contributed by atoms with Gasteiger partial charge < -0.3 is 24.8 Å². The van der Waals surface area contributed by atoms with Crippen LogP contribution in [-0.4, -0.2) is 55.1 Å². The summed E-state index contributed by atoms with van der Waals surface area (Å²) in [4.78, 5) is 18.8. The van der Waals surface area contributed by atoms with Crippen LogP contribution in [0.2, 0.25) is 0 Å². The van der Waals surface area contributed by atoms with Gasteiger partial charge in [-0.1, -0.05) is 0 Å². The summed E-state index contributed by atoms with van der Waals surface area (Å²) in [6.07, 6.45) is 2.03. The molecule has 0 fully saturated rings. The van der Waals surface area contributed by atoms with Gasteiger partial charge in [-0.3, -0.25) is 9.79 Å². The molecule has 1 amide bonds. The molecule has 1 heterocycles. The summed E-state index contributed by atoms with van der Waals surface area (Å²) in [6, 6.07) is 11.2. The summed E-state index contributed by atoms with van der Waals surface area (Å²) in [5.41, 5.74) is 1.81. The molecule has 0 aliphatic rings. The van der Waals surface area contributed by atoms with Gasteiger partial charge in [0.25, 0.3) is 5.91 Å². The van der Waals surface area contributed by atoms with E-state index < -0.39 is 0 Å². The minimum atomic E-state index is -0.116. The highest BCUT2D eigenvalue weighted by Crippen LogP contribution is 2.11. The molecule has 8 heteroatoms. The molecular weight excluding hydrogens is 469 g/mol. The fourth-order valence-corrected chi connectivity index (χ4v) is 2.62. The standard InChI is InChI=1S/C20H29N5O2.HI/c1-5-21-20(25(3)15-17-7-6-14-24(17)2)23-13-12-22-19(26)16-8-10-18(27-4)11-9-16;/h6-11,14H,5,12-13,15H2,1-4H3,(H,21,23)(H,22,26);1H. The lowest BCUT2D eigenvalue weighted by molar-refractivity contribution is 0.0954. The largest absolute Gasteiger partial charge is 0.497 e. The molecule has 0 unspecified atom stereocenters. The maximum absolute atomic E-state index is 12.2. The quantitative estimate of drug-likeness (QED) is 0.254. The van der Waals surface area contributed by atoms with Crippen molar-refractivity contribution in [1.29, 1.82) is 0 Å². The molecule has 0 saturated carbocycles. The number of benzene rings is 1. The number of methoxy groups -OCH3 is 1. The van der Waals surface area contributed by atoms with E-state index in [1.807, 2.05) is 33.3 Å². The molecule has 0 aliphatic heterocycles. The Labute approximate surface area is 184 Å². The summed E-state index contributed by atoms with van der Waals surface area (Å²) in [6.45, 7) is 4.55. The minimum absolute atomic E-state index is 0. The van der Waals surface area contributed by atoms with Crippen molar-refractivity contribution in [3.8, 4) is 5.75 Å². The predicted octanol–water partition coefficient (Wildman–Crippen LogP) is 2.48. The van der Waals surface area contributed by atoms with Gasteiger partial charge in [-0.25, -0.2) is 0 Å². The van der Waals surface area contributed by atoms with E-state index in [0.717, 1.165) is 24.8 Å². The Morgan fingerprint density at radius 3 is 2.50 bits per heavy atom. The molecule has 1 aromatic heterocycles. The van der Waals surface area contributed by atoms with Gasteiger partial charge in [0.2, 0.25) is 0 Å². The number of hydrogen-bond acceptors (Lipinski definition) is 3. The number of ether oxygens (including phenoxy) is 1. The normalized spacial score (nSPS) is 10.8. The van der Waals surface area contributed by atoms with E-state index in [2.05, 4.69) is 31.2 Å². The van der Waals surface area contributed by atoms with Crippen LogP contribution in [0, 0.1) is 0 Å². The van der Waals surface area contributed by atoms with Crippen LogP contribution in [0.4, 0.5) is 0 Å². The molecule has 154 valence electrons. The Morgan fingerprint density at radius 2 is 1.93 bits per heavy atom. The van der Waals surface area contributed by atoms with Gasteiger partial charge in [0.05, 0.1) is 20.2 Å². The molecule has 0 spiro atoms. The van der Waals surface area contributed by atoms with Crippen LogP contribution < -0.4 is 15.4 Å². The molecule has 0 atom stereocenters. The zero-order valence-electron chi connectivity index (χ0n) is 16.9. The highest BCUT2D eigenvalue weighted by molar-refractivity contribution is 14.0. The zero-order valence-corrected chi connectivity index (χ0v) is 19.3. The smallest absolute Gasteiger partial charge is 0.251 e. The molecule has 2 rings (SSSR count). The molecular formula is C20H30IN5O2. The molecule has 0 radical (unpaired) electrons. The van der Waals surface area contributed by atoms with E-state index in [1.165, 1.54) is 5.69 Å². The van der Waals surface area contributed by atoms with Crippen molar-refractivity contribution < 1.29 is 9.53 Å². The Morgan fingerprint density at radius 1 is 1.21 bits per heavy atom. The number of carbonyl (C=O) groups is 1. The second-order valence-electron chi connectivity index (χ2n) is 6.19.